The maximum Gasteiger partial charge on any atom is 0.408 e. The molecule has 2 fully saturated rings. The number of nitrogens with zero attached hydrogens (tertiary/aromatic N) is 3. The molecule has 6 aromatic carbocycles. The van der Waals surface area contributed by atoms with Gasteiger partial charge in [0, 0.05) is 54.8 Å². The average molecular weight is 956 g/mol. The molecule has 1 atom stereocenters. The van der Waals surface area contributed by atoms with Gasteiger partial charge in [-0.3, -0.25) is 9.69 Å². The molecule has 12 heteroatoms. The molecule has 2 amide bonds. The van der Waals surface area contributed by atoms with Crippen molar-refractivity contribution in [2.45, 2.75) is 63.5 Å². The number of rotatable bonds is 19. The molecule has 2 aliphatic heterocycles. The second-order valence-electron chi connectivity index (χ2n) is 17.4. The SMILES string of the molecule is CCSc1ccc(OCc2ccccc2)cc1CN1CCN(C(=O)[C@H](NC(=O)OCc2ccccc2)C2CCN(CCc3cc(Cl)ccc3-c3cc(OCc4ccccc4)ccc3F)CC2)CC1. The molecule has 0 spiro atoms. The van der Waals surface area contributed by atoms with Gasteiger partial charge in [-0.2, -0.15) is 0 Å². The maximum absolute atomic E-state index is 15.5. The standard InChI is InChI=1S/C56H60ClFN4O5S/c1-2-68-53-23-20-48(65-38-41-12-6-3-7-13-41)35-46(53)37-61-30-32-62(33-31-61)55(63)54(59-56(64)67-40-43-16-10-5-11-17-43)44-24-27-60(28-25-44)29-26-45-34-47(57)18-21-50(45)51-36-49(19-22-52(51)58)66-39-42-14-8-4-9-15-42/h3-23,34-36,44,54H,2,24-33,37-40H2,1H3,(H,59,64)/t54-/m1/s1. The number of piperazine rings is 1. The minimum Gasteiger partial charge on any atom is -0.489 e. The molecule has 0 radical (unpaired) electrons. The van der Waals surface area contributed by atoms with Crippen LogP contribution in [-0.2, 0) is 42.3 Å². The third-order valence-electron chi connectivity index (χ3n) is 12.8. The summed E-state index contributed by atoms with van der Waals surface area (Å²) in [4.78, 5) is 35.9. The predicted molar refractivity (Wildman–Crippen MR) is 270 cm³/mol. The van der Waals surface area contributed by atoms with Crippen LogP contribution in [-0.4, -0.2) is 84.3 Å². The lowest BCUT2D eigenvalue weighted by molar-refractivity contribution is -0.137. The number of hydrogen-bond acceptors (Lipinski definition) is 8. The van der Waals surface area contributed by atoms with Crippen molar-refractivity contribution in [3.8, 4) is 22.6 Å². The smallest absolute Gasteiger partial charge is 0.408 e. The van der Waals surface area contributed by atoms with Gasteiger partial charge < -0.3 is 29.3 Å². The summed E-state index contributed by atoms with van der Waals surface area (Å²) in [6.45, 7) is 8.64. The van der Waals surface area contributed by atoms with Crippen LogP contribution in [0.3, 0.4) is 0 Å². The number of nitrogens with one attached hydrogen (secondary N) is 1. The van der Waals surface area contributed by atoms with Gasteiger partial charge >= 0.3 is 6.09 Å². The molecule has 8 rings (SSSR count). The third-order valence-corrected chi connectivity index (χ3v) is 14.0. The summed E-state index contributed by atoms with van der Waals surface area (Å²) in [5.74, 6) is 1.91. The Morgan fingerprint density at radius 1 is 0.676 bits per heavy atom. The molecule has 9 nitrogen and oxygen atoms in total. The van der Waals surface area contributed by atoms with E-state index in [0.717, 1.165) is 65.5 Å². The van der Waals surface area contributed by atoms with Gasteiger partial charge in [0.25, 0.3) is 0 Å². The van der Waals surface area contributed by atoms with E-state index < -0.39 is 12.1 Å². The average Bonchev–Trinajstić information content (AvgIpc) is 3.38. The van der Waals surface area contributed by atoms with Crippen LogP contribution in [0.2, 0.25) is 5.02 Å². The molecule has 354 valence electrons. The van der Waals surface area contributed by atoms with E-state index in [0.29, 0.717) is 75.0 Å². The fraction of sp³-hybridized carbons (Fsp3) is 0.321. The van der Waals surface area contributed by atoms with E-state index in [-0.39, 0.29) is 24.2 Å². The number of hydrogen-bond donors (Lipinski definition) is 1. The molecule has 0 aliphatic carbocycles. The number of benzene rings is 6. The van der Waals surface area contributed by atoms with E-state index in [4.69, 9.17) is 25.8 Å². The van der Waals surface area contributed by atoms with Crippen molar-refractivity contribution >= 4 is 35.4 Å². The Balaban J connectivity index is 0.892. The summed E-state index contributed by atoms with van der Waals surface area (Å²) in [5.41, 5.74) is 6.42. The van der Waals surface area contributed by atoms with Crippen molar-refractivity contribution in [3.63, 3.8) is 0 Å². The zero-order chi connectivity index (χ0) is 47.1. The van der Waals surface area contributed by atoms with Gasteiger partial charge in [0.1, 0.15) is 43.2 Å². The van der Waals surface area contributed by atoms with E-state index in [1.807, 2.05) is 114 Å². The molecule has 68 heavy (non-hydrogen) atoms. The Bertz CT molecular complexity index is 2560. The van der Waals surface area contributed by atoms with Gasteiger partial charge in [-0.25, -0.2) is 9.18 Å². The van der Waals surface area contributed by atoms with Crippen molar-refractivity contribution < 1.29 is 28.2 Å². The van der Waals surface area contributed by atoms with Crippen molar-refractivity contribution in [1.29, 1.82) is 0 Å². The summed E-state index contributed by atoms with van der Waals surface area (Å²) in [6, 6.07) is 45.7. The molecule has 2 saturated heterocycles. The molecule has 0 unspecified atom stereocenters. The number of piperidine rings is 1. The van der Waals surface area contributed by atoms with Crippen molar-refractivity contribution in [2.75, 3.05) is 51.6 Å². The number of amides is 2. The minimum absolute atomic E-state index is 0.0705. The number of carbonyl (C=O) groups is 2. The monoisotopic (exact) mass is 954 g/mol. The Kier molecular flexibility index (Phi) is 17.5. The number of alkyl carbamates (subject to hydrolysis) is 1. The maximum atomic E-state index is 15.5. The summed E-state index contributed by atoms with van der Waals surface area (Å²) in [7, 11) is 0. The van der Waals surface area contributed by atoms with Crippen LogP contribution >= 0.6 is 23.4 Å². The fourth-order valence-corrected chi connectivity index (χ4v) is 9.98. The van der Waals surface area contributed by atoms with Crippen LogP contribution in [0.4, 0.5) is 9.18 Å². The first-order valence-electron chi connectivity index (χ1n) is 23.7. The molecular formula is C56H60ClFN4O5S. The zero-order valence-electron chi connectivity index (χ0n) is 38.7. The summed E-state index contributed by atoms with van der Waals surface area (Å²) in [5, 5.41) is 3.62. The molecule has 0 saturated carbocycles. The van der Waals surface area contributed by atoms with Gasteiger partial charge in [0.15, 0.2) is 0 Å². The highest BCUT2D eigenvalue weighted by Gasteiger charge is 2.37. The van der Waals surface area contributed by atoms with Crippen LogP contribution in [0.5, 0.6) is 11.5 Å². The first-order valence-corrected chi connectivity index (χ1v) is 25.0. The molecular weight excluding hydrogens is 895 g/mol. The minimum atomic E-state index is -0.725. The fourth-order valence-electron chi connectivity index (χ4n) is 9.01. The first kappa shape index (κ1) is 48.6. The Morgan fingerprint density at radius 2 is 1.28 bits per heavy atom. The van der Waals surface area contributed by atoms with Gasteiger partial charge in [-0.15, -0.1) is 11.8 Å². The van der Waals surface area contributed by atoms with E-state index >= 15 is 4.39 Å². The normalized spacial score (nSPS) is 15.1. The predicted octanol–water partition coefficient (Wildman–Crippen LogP) is 11.3. The van der Waals surface area contributed by atoms with Crippen molar-refractivity contribution in [2.24, 2.45) is 5.92 Å². The van der Waals surface area contributed by atoms with Crippen LogP contribution in [0.15, 0.2) is 150 Å². The lowest BCUT2D eigenvalue weighted by Crippen LogP contribution is -2.58. The number of thioether (sulfide) groups is 1. The molecule has 0 aromatic heterocycles. The van der Waals surface area contributed by atoms with Crippen molar-refractivity contribution in [3.05, 3.63) is 184 Å². The summed E-state index contributed by atoms with van der Waals surface area (Å²) >= 11 is 8.36. The number of ether oxygens (including phenoxy) is 3. The molecule has 2 aliphatic rings. The highest BCUT2D eigenvalue weighted by Crippen LogP contribution is 2.34. The second kappa shape index (κ2) is 24.4. The topological polar surface area (TPSA) is 83.6 Å². The van der Waals surface area contributed by atoms with Crippen molar-refractivity contribution in [1.82, 2.24) is 20.0 Å². The highest BCUT2D eigenvalue weighted by atomic mass is 35.5. The largest absolute Gasteiger partial charge is 0.489 e. The first-order chi connectivity index (χ1) is 33.3. The van der Waals surface area contributed by atoms with E-state index in [1.165, 1.54) is 16.5 Å². The molecule has 6 aromatic rings. The highest BCUT2D eigenvalue weighted by molar-refractivity contribution is 7.99. The lowest BCUT2D eigenvalue weighted by atomic mass is 9.88. The Labute approximate surface area is 409 Å². The summed E-state index contributed by atoms with van der Waals surface area (Å²) in [6.07, 6.45) is 1.48. The van der Waals surface area contributed by atoms with Gasteiger partial charge in [0.05, 0.1) is 0 Å². The zero-order valence-corrected chi connectivity index (χ0v) is 40.2. The Morgan fingerprint density at radius 3 is 1.91 bits per heavy atom. The van der Waals surface area contributed by atoms with E-state index in [2.05, 4.69) is 46.3 Å². The molecule has 1 N–H and O–H groups in total. The third kappa shape index (κ3) is 13.7. The van der Waals surface area contributed by atoms with Gasteiger partial charge in [-0.05, 0) is 126 Å². The number of halogens is 2. The molecule has 0 bridgehead atoms. The van der Waals surface area contributed by atoms with Crippen LogP contribution < -0.4 is 14.8 Å². The second-order valence-corrected chi connectivity index (χ2v) is 19.2. The van der Waals surface area contributed by atoms with E-state index in [9.17, 15) is 9.59 Å². The number of carbonyl (C=O) groups excluding carboxylic acids is 2. The summed E-state index contributed by atoms with van der Waals surface area (Å²) < 4.78 is 33.4. The number of likely N-dealkylation sites (tertiary alicyclic amines) is 1. The lowest BCUT2D eigenvalue weighted by Gasteiger charge is -2.40. The van der Waals surface area contributed by atoms with Crippen LogP contribution in [0.1, 0.15) is 47.6 Å². The quantitative estimate of drug-likeness (QED) is 0.0804. The Hall–Kier alpha value is -5.85. The van der Waals surface area contributed by atoms with Gasteiger partial charge in [0.2, 0.25) is 5.91 Å². The van der Waals surface area contributed by atoms with Crippen LogP contribution in [0.25, 0.3) is 11.1 Å². The van der Waals surface area contributed by atoms with E-state index in [1.54, 1.807) is 18.2 Å². The van der Waals surface area contributed by atoms with Gasteiger partial charge in [-0.1, -0.05) is 116 Å². The van der Waals surface area contributed by atoms with Crippen LogP contribution in [0, 0.1) is 11.7 Å². The molecule has 2 heterocycles.